The molecule has 0 aromatic heterocycles. The molecule has 3 heteroatoms. The molecule has 0 atom stereocenters. The van der Waals surface area contributed by atoms with Crippen LogP contribution in [0.2, 0.25) is 0 Å². The molecule has 1 rings (SSSR count). The van der Waals surface area contributed by atoms with Crippen LogP contribution < -0.4 is 5.32 Å². The molecule has 1 aliphatic carbocycles. The molecule has 58 valence electrons. The zero-order valence-corrected chi connectivity index (χ0v) is 6.35. The van der Waals surface area contributed by atoms with Gasteiger partial charge in [0.15, 0.2) is 0 Å². The lowest BCUT2D eigenvalue weighted by atomic mass is 10.3. The molecule has 1 aliphatic rings. The number of aliphatic hydroxyl groups is 1. The van der Waals surface area contributed by atoms with Crippen molar-refractivity contribution in [1.82, 2.24) is 5.32 Å². The number of hydrogen-bond donors (Lipinski definition) is 2. The highest BCUT2D eigenvalue weighted by Crippen LogP contribution is 2.34. The lowest BCUT2D eigenvalue weighted by Crippen LogP contribution is -2.40. The molecular weight excluding hydrogens is 130 g/mol. The van der Waals surface area contributed by atoms with Crippen molar-refractivity contribution in [3.05, 3.63) is 0 Å². The zero-order valence-electron chi connectivity index (χ0n) is 6.35. The molecule has 0 aliphatic heterocycles. The van der Waals surface area contributed by atoms with Gasteiger partial charge in [-0.3, -0.25) is 4.79 Å². The normalized spacial score (nSPS) is 20.8. The number of rotatable bonds is 2. The van der Waals surface area contributed by atoms with Gasteiger partial charge in [-0.2, -0.15) is 0 Å². The smallest absolute Gasteiger partial charge is 0.252 e. The molecule has 0 bridgehead atoms. The molecule has 0 aromatic rings. The van der Waals surface area contributed by atoms with E-state index in [0.29, 0.717) is 12.8 Å². The Bertz CT molecular complexity index is 150. The fourth-order valence-electron chi connectivity index (χ4n) is 0.742. The van der Waals surface area contributed by atoms with E-state index in [9.17, 15) is 9.90 Å². The van der Waals surface area contributed by atoms with Gasteiger partial charge in [0.25, 0.3) is 5.91 Å². The highest BCUT2D eigenvalue weighted by atomic mass is 16.3. The summed E-state index contributed by atoms with van der Waals surface area (Å²) in [6, 6.07) is 0.122. The summed E-state index contributed by atoms with van der Waals surface area (Å²) in [6.07, 6.45) is 1.23. The Labute approximate surface area is 60.4 Å². The Balaban J connectivity index is 2.35. The van der Waals surface area contributed by atoms with Gasteiger partial charge in [0, 0.05) is 6.04 Å². The van der Waals surface area contributed by atoms with Gasteiger partial charge in [0.1, 0.15) is 5.60 Å². The molecule has 0 saturated heterocycles. The average molecular weight is 143 g/mol. The largest absolute Gasteiger partial charge is 0.380 e. The van der Waals surface area contributed by atoms with Crippen LogP contribution >= 0.6 is 0 Å². The third kappa shape index (κ3) is 1.48. The topological polar surface area (TPSA) is 49.3 Å². The van der Waals surface area contributed by atoms with Gasteiger partial charge in [-0.15, -0.1) is 0 Å². The number of nitrogens with one attached hydrogen (secondary N) is 1. The number of carbonyl (C=O) groups excluding carboxylic acids is 1. The summed E-state index contributed by atoms with van der Waals surface area (Å²) in [5.41, 5.74) is -1.01. The standard InChI is InChI=1S/C7H13NO2/c1-5(2)8-6(9)7(10)3-4-7/h5,10H,3-4H2,1-2H3,(H,8,9). The predicted molar refractivity (Wildman–Crippen MR) is 37.5 cm³/mol. The fourth-order valence-corrected chi connectivity index (χ4v) is 0.742. The van der Waals surface area contributed by atoms with E-state index in [-0.39, 0.29) is 11.9 Å². The van der Waals surface area contributed by atoms with Crippen molar-refractivity contribution < 1.29 is 9.90 Å². The predicted octanol–water partition coefficient (Wildman–Crippen LogP) is 0.0359. The summed E-state index contributed by atoms with van der Waals surface area (Å²) >= 11 is 0. The molecule has 0 radical (unpaired) electrons. The molecule has 0 spiro atoms. The Morgan fingerprint density at radius 2 is 2.10 bits per heavy atom. The van der Waals surface area contributed by atoms with Gasteiger partial charge in [-0.1, -0.05) is 0 Å². The number of carbonyl (C=O) groups is 1. The minimum absolute atomic E-state index is 0.122. The molecular formula is C7H13NO2. The SMILES string of the molecule is CC(C)NC(=O)C1(O)CC1. The first-order valence-electron chi connectivity index (χ1n) is 3.58. The fraction of sp³-hybridized carbons (Fsp3) is 0.857. The molecule has 1 amide bonds. The maximum absolute atomic E-state index is 11.0. The first kappa shape index (κ1) is 7.54. The third-order valence-electron chi connectivity index (χ3n) is 1.57. The van der Waals surface area contributed by atoms with Crippen molar-refractivity contribution in [2.75, 3.05) is 0 Å². The Hall–Kier alpha value is -0.570. The van der Waals surface area contributed by atoms with Crippen LogP contribution in [-0.2, 0) is 4.79 Å². The Morgan fingerprint density at radius 3 is 2.40 bits per heavy atom. The minimum atomic E-state index is -1.01. The van der Waals surface area contributed by atoms with E-state index in [4.69, 9.17) is 0 Å². The van der Waals surface area contributed by atoms with Crippen LogP contribution in [0.25, 0.3) is 0 Å². The Morgan fingerprint density at radius 1 is 1.60 bits per heavy atom. The highest BCUT2D eigenvalue weighted by molar-refractivity contribution is 5.87. The summed E-state index contributed by atoms with van der Waals surface area (Å²) in [7, 11) is 0. The van der Waals surface area contributed by atoms with Gasteiger partial charge >= 0.3 is 0 Å². The molecule has 1 saturated carbocycles. The monoisotopic (exact) mass is 143 g/mol. The Kier molecular flexibility index (Phi) is 1.68. The van der Waals surface area contributed by atoms with Crippen LogP contribution in [0.1, 0.15) is 26.7 Å². The van der Waals surface area contributed by atoms with E-state index in [1.54, 1.807) is 0 Å². The molecule has 0 heterocycles. The first-order chi connectivity index (χ1) is 4.54. The van der Waals surface area contributed by atoms with Crippen LogP contribution in [0.3, 0.4) is 0 Å². The average Bonchev–Trinajstić information content (AvgIpc) is 2.47. The van der Waals surface area contributed by atoms with E-state index in [0.717, 1.165) is 0 Å². The zero-order chi connectivity index (χ0) is 7.78. The summed E-state index contributed by atoms with van der Waals surface area (Å²) in [6.45, 7) is 3.76. The van der Waals surface area contributed by atoms with Crippen LogP contribution in [0.5, 0.6) is 0 Å². The van der Waals surface area contributed by atoms with Crippen LogP contribution in [-0.4, -0.2) is 22.7 Å². The lowest BCUT2D eigenvalue weighted by molar-refractivity contribution is -0.131. The lowest BCUT2D eigenvalue weighted by Gasteiger charge is -2.11. The van der Waals surface area contributed by atoms with Gasteiger partial charge in [-0.25, -0.2) is 0 Å². The van der Waals surface area contributed by atoms with Gasteiger partial charge in [0.05, 0.1) is 0 Å². The highest BCUT2D eigenvalue weighted by Gasteiger charge is 2.47. The van der Waals surface area contributed by atoms with E-state index < -0.39 is 5.60 Å². The number of amides is 1. The second-order valence-electron chi connectivity index (χ2n) is 3.16. The molecule has 0 unspecified atom stereocenters. The number of hydrogen-bond acceptors (Lipinski definition) is 2. The maximum atomic E-state index is 11.0. The van der Waals surface area contributed by atoms with E-state index in [2.05, 4.69) is 5.32 Å². The van der Waals surface area contributed by atoms with E-state index in [1.807, 2.05) is 13.8 Å². The van der Waals surface area contributed by atoms with Gasteiger partial charge in [-0.05, 0) is 26.7 Å². The van der Waals surface area contributed by atoms with Crippen LogP contribution in [0, 0.1) is 0 Å². The molecule has 10 heavy (non-hydrogen) atoms. The summed E-state index contributed by atoms with van der Waals surface area (Å²) in [5, 5.41) is 11.9. The van der Waals surface area contributed by atoms with Gasteiger partial charge in [0.2, 0.25) is 0 Å². The van der Waals surface area contributed by atoms with Crippen molar-refractivity contribution in [3.63, 3.8) is 0 Å². The maximum Gasteiger partial charge on any atom is 0.252 e. The van der Waals surface area contributed by atoms with Crippen molar-refractivity contribution in [3.8, 4) is 0 Å². The van der Waals surface area contributed by atoms with Crippen molar-refractivity contribution in [2.45, 2.75) is 38.3 Å². The molecule has 2 N–H and O–H groups in total. The molecule has 3 nitrogen and oxygen atoms in total. The molecule has 0 aromatic carbocycles. The second-order valence-corrected chi connectivity index (χ2v) is 3.16. The second kappa shape index (κ2) is 2.23. The van der Waals surface area contributed by atoms with Gasteiger partial charge < -0.3 is 10.4 Å². The minimum Gasteiger partial charge on any atom is -0.380 e. The van der Waals surface area contributed by atoms with Crippen molar-refractivity contribution in [1.29, 1.82) is 0 Å². The third-order valence-corrected chi connectivity index (χ3v) is 1.57. The summed E-state index contributed by atoms with van der Waals surface area (Å²) in [5.74, 6) is -0.220. The molecule has 1 fully saturated rings. The first-order valence-corrected chi connectivity index (χ1v) is 3.58. The van der Waals surface area contributed by atoms with Crippen molar-refractivity contribution in [2.24, 2.45) is 0 Å². The summed E-state index contributed by atoms with van der Waals surface area (Å²) in [4.78, 5) is 11.0. The van der Waals surface area contributed by atoms with Crippen LogP contribution in [0.4, 0.5) is 0 Å². The van der Waals surface area contributed by atoms with E-state index in [1.165, 1.54) is 0 Å². The summed E-state index contributed by atoms with van der Waals surface area (Å²) < 4.78 is 0. The van der Waals surface area contributed by atoms with E-state index >= 15 is 0 Å². The quantitative estimate of drug-likeness (QED) is 0.573. The van der Waals surface area contributed by atoms with Crippen LogP contribution in [0.15, 0.2) is 0 Å². The van der Waals surface area contributed by atoms with Crippen molar-refractivity contribution >= 4 is 5.91 Å².